The van der Waals surface area contributed by atoms with Gasteiger partial charge >= 0.3 is 89.5 Å². The zero-order valence-electron chi connectivity index (χ0n) is 65.3. The van der Waals surface area contributed by atoms with Crippen molar-refractivity contribution in [2.75, 3.05) is 18.2 Å². The van der Waals surface area contributed by atoms with Crippen LogP contribution in [-0.2, 0) is 100 Å². The number of rotatable bonds is 19. The fraction of sp³-hybridized carbons (Fsp3) is 0.0631. The van der Waals surface area contributed by atoms with Crippen LogP contribution < -0.4 is 42.4 Å². The third kappa shape index (κ3) is 20.4. The maximum Gasteiger partial charge on any atom is 1.00 e. The molecule has 18 rings (SSSR count). The molecule has 0 atom stereocenters. The first-order chi connectivity index (χ1) is 56.9. The first kappa shape index (κ1) is 90.2. The second-order valence-electron chi connectivity index (χ2n) is 28.7. The summed E-state index contributed by atoms with van der Waals surface area (Å²) in [4.78, 5) is 0. The Morgan fingerprint density at radius 3 is 0.521 bits per heavy atom. The fourth-order valence-corrected chi connectivity index (χ4v) is 30.0. The molecule has 8 heteroatoms. The third-order valence-electron chi connectivity index (χ3n) is 22.1. The summed E-state index contributed by atoms with van der Waals surface area (Å²) in [5, 5.41) is 12.1. The summed E-state index contributed by atoms with van der Waals surface area (Å²) in [6.07, 6.45) is 35.6. The molecule has 590 valence electrons. The minimum atomic E-state index is -0.847. The molecular weight excluding hydrogens is 2240 g/mol. The van der Waals surface area contributed by atoms with Gasteiger partial charge in [0.25, 0.3) is 0 Å². The molecule has 0 fully saturated rings. The average molecular weight is 2330 g/mol. The minimum absolute atomic E-state index is 0. The zero-order chi connectivity index (χ0) is 78.4. The van der Waals surface area contributed by atoms with Crippen LogP contribution in [0.3, 0.4) is 0 Å². The van der Waals surface area contributed by atoms with Crippen molar-refractivity contribution in [3.05, 3.63) is 529 Å². The Balaban J connectivity index is 0.000000154. The van der Waals surface area contributed by atoms with Gasteiger partial charge in [0.2, 0.25) is 0 Å². The molecule has 0 nitrogen and oxygen atoms in total. The second kappa shape index (κ2) is 44.6. The molecule has 0 amide bonds. The topological polar surface area (TPSA) is 0 Å². The Hall–Kier alpha value is -9.56. The van der Waals surface area contributed by atoms with Crippen molar-refractivity contribution in [3.63, 3.8) is 0 Å². The maximum absolute atomic E-state index is 7.60. The summed E-state index contributed by atoms with van der Waals surface area (Å²) in [6.45, 7) is 0. The van der Waals surface area contributed by atoms with Crippen LogP contribution >= 0.6 is 31.7 Å². The van der Waals surface area contributed by atoms with E-state index in [2.05, 4.69) is 388 Å². The first-order valence-electron chi connectivity index (χ1n) is 39.3. The van der Waals surface area contributed by atoms with Gasteiger partial charge in [-0.05, 0) is 177 Å². The van der Waals surface area contributed by atoms with Crippen molar-refractivity contribution in [2.45, 2.75) is 23.7 Å². The summed E-state index contributed by atoms with van der Waals surface area (Å²) in [6, 6.07) is 156. The van der Waals surface area contributed by atoms with Crippen LogP contribution in [0.2, 0.25) is 0 Å². The van der Waals surface area contributed by atoms with E-state index in [1.165, 1.54) is 118 Å². The summed E-state index contributed by atoms with van der Waals surface area (Å²) >= 11 is 0. The molecule has 2 aliphatic carbocycles. The van der Waals surface area contributed by atoms with Gasteiger partial charge in [0, 0.05) is 0 Å². The maximum atomic E-state index is 7.60. The van der Waals surface area contributed by atoms with Gasteiger partial charge in [-0.3, -0.25) is 23.7 Å². The molecule has 0 unspecified atom stereocenters. The Bertz CT molecular complexity index is 5300. The largest absolute Gasteiger partial charge is 1.00 e. The van der Waals surface area contributed by atoms with Crippen molar-refractivity contribution in [3.8, 4) is 45.9 Å². The van der Waals surface area contributed by atoms with Gasteiger partial charge in [0.05, 0.1) is 60.2 Å². The molecular formula is C111H86Au4P4+4. The predicted octanol–water partition coefficient (Wildman–Crippen LogP) is 22.0. The van der Waals surface area contributed by atoms with E-state index in [-0.39, 0.29) is 89.5 Å². The molecule has 16 aromatic rings. The third-order valence-corrected chi connectivity index (χ3v) is 34.9. The van der Waals surface area contributed by atoms with Crippen molar-refractivity contribution < 1.29 is 89.5 Å². The number of fused-ring (bicyclic) bond motifs is 6. The van der Waals surface area contributed by atoms with Gasteiger partial charge in [-0.25, -0.2) is 0 Å². The number of benzene rings is 16. The molecule has 0 spiro atoms. The van der Waals surface area contributed by atoms with Crippen molar-refractivity contribution >= 4 is 74.1 Å². The van der Waals surface area contributed by atoms with Crippen LogP contribution in [0.1, 0.15) is 79.6 Å². The van der Waals surface area contributed by atoms with Gasteiger partial charge in [-0.1, -0.05) is 291 Å². The van der Waals surface area contributed by atoms with E-state index in [0.717, 1.165) is 44.5 Å². The van der Waals surface area contributed by atoms with Crippen LogP contribution in [0.15, 0.2) is 437 Å². The van der Waals surface area contributed by atoms with Crippen LogP contribution in [0, 0.1) is 49.4 Å². The van der Waals surface area contributed by atoms with E-state index in [9.17, 15) is 0 Å². The van der Waals surface area contributed by atoms with Gasteiger partial charge in [-0.15, -0.1) is 70.8 Å². The van der Waals surface area contributed by atoms with Crippen molar-refractivity contribution in [1.29, 1.82) is 0 Å². The Labute approximate surface area is 772 Å². The van der Waals surface area contributed by atoms with Gasteiger partial charge < -0.3 is 25.7 Å². The second-order valence-corrected chi connectivity index (χ2v) is 39.6. The summed E-state index contributed by atoms with van der Waals surface area (Å²) < 4.78 is 0. The fourth-order valence-electron chi connectivity index (χ4n) is 16.9. The zero-order valence-corrected chi connectivity index (χ0v) is 78.0. The molecule has 0 aromatic heterocycles. The summed E-state index contributed by atoms with van der Waals surface area (Å²) in [5.41, 5.74) is 16.0. The molecule has 2 aliphatic rings. The van der Waals surface area contributed by atoms with E-state index in [1.54, 1.807) is 0 Å². The Kier molecular flexibility index (Phi) is 33.8. The first-order valence-corrected chi connectivity index (χ1v) is 46.1. The number of hydrogen-bond donors (Lipinski definition) is 0. The van der Waals surface area contributed by atoms with Crippen LogP contribution in [-0.4, -0.2) is 18.2 Å². The van der Waals surface area contributed by atoms with E-state index < -0.39 is 42.5 Å². The van der Waals surface area contributed by atoms with Crippen LogP contribution in [0.4, 0.5) is 0 Å². The molecule has 119 heavy (non-hydrogen) atoms. The normalized spacial score (nSPS) is 11.7. The number of hydrogen-bond acceptors (Lipinski definition) is 0. The molecule has 0 N–H and O–H groups in total. The van der Waals surface area contributed by atoms with Gasteiger partial charge in [0.15, 0.2) is 5.90 Å². The quantitative estimate of drug-likeness (QED) is 0.0249. The van der Waals surface area contributed by atoms with Crippen LogP contribution in [0.25, 0.3) is 22.3 Å². The van der Waals surface area contributed by atoms with Crippen molar-refractivity contribution in [1.82, 2.24) is 0 Å². The van der Waals surface area contributed by atoms with E-state index in [1.807, 2.05) is 72.8 Å². The molecule has 0 heterocycles. The summed E-state index contributed by atoms with van der Waals surface area (Å²) in [5.74, 6) is 11.3. The molecule has 0 radical (unpaired) electrons. The van der Waals surface area contributed by atoms with Crippen molar-refractivity contribution in [2.24, 2.45) is 0 Å². The Morgan fingerprint density at radius 2 is 0.353 bits per heavy atom. The summed E-state index contributed by atoms with van der Waals surface area (Å²) in [7, 11) is -3.12. The standard InChI is InChI=1S/2C29H16.C28H28P2.C25H22P2.4Au/c2*1-3-21-15-17-27-25(19-21)26-20-22(4-2)16-18-28(26)29(27,23-11-7-5-8-12-23)24-13-9-6-10-14-24;1-5-15-25(16-6-1)29(26-17-7-2-8-18-26)23-13-14-24-30(27-19-9-3-10-20-27)28-21-11-4-12-22-28;1-5-13-22(14-6-1)26(23-15-7-2-8-16-23)21-27(24-17-9-3-10-18-24)25-19-11-4-12-20-25;;;;/h2*5-20H;1-12,15-22H,13-14,23-24H2;1-20H,21H2;;;;/q2*-2;;;4*+1/p+4. The molecule has 0 aliphatic heterocycles. The molecule has 0 bridgehead atoms. The van der Waals surface area contributed by atoms with Gasteiger partial charge in [0.1, 0.15) is 37.1 Å². The minimum Gasteiger partial charge on any atom is -0.366 e. The van der Waals surface area contributed by atoms with E-state index in [4.69, 9.17) is 25.7 Å². The molecule has 0 saturated heterocycles. The SMILES string of the molecule is [Au+].[Au+].[Au+].[Au+].[C-]#Cc1ccc2c(c1)-c1cc(C#[C-])ccc1C2(c1ccccc1)c1ccccc1.[C-]#Cc1ccc2c(c1)-c1cc(C#[C-])ccc1C2(c1ccccc1)c1ccccc1.c1ccc([PH+](CCCC[PH+](c2ccccc2)c2ccccc2)c2ccccc2)cc1.c1ccc([PH+](C[PH+](c2ccccc2)c2ccccc2)c2ccccc2)cc1. The average Bonchev–Trinajstić information content (AvgIpc) is 1.55. The molecule has 0 saturated carbocycles. The predicted molar refractivity (Wildman–Crippen MR) is 498 cm³/mol. The number of unbranched alkanes of at least 4 members (excludes halogenated alkanes) is 1. The molecule has 16 aromatic carbocycles. The van der Waals surface area contributed by atoms with Gasteiger partial charge in [-0.2, -0.15) is 0 Å². The monoisotopic (exact) mass is 2330 g/mol. The van der Waals surface area contributed by atoms with Crippen LogP contribution in [0.5, 0.6) is 0 Å². The Morgan fingerprint density at radius 1 is 0.193 bits per heavy atom. The van der Waals surface area contributed by atoms with E-state index >= 15 is 0 Å². The smallest absolute Gasteiger partial charge is 0.366 e. The van der Waals surface area contributed by atoms with E-state index in [0.29, 0.717) is 0 Å².